The number of rotatable bonds is 6. The zero-order chi connectivity index (χ0) is 9.95. The molecule has 1 rings (SSSR count). The molecule has 0 spiro atoms. The molecule has 0 radical (unpaired) electrons. The van der Waals surface area contributed by atoms with Gasteiger partial charge in [0.1, 0.15) is 6.61 Å². The topological polar surface area (TPSA) is 57.3 Å². The van der Waals surface area contributed by atoms with Crippen LogP contribution in [0.25, 0.3) is 0 Å². The lowest BCUT2D eigenvalue weighted by molar-refractivity contribution is 0.0224. The monoisotopic (exact) mass is 210 g/mol. The fourth-order valence-electron chi connectivity index (χ4n) is 0.797. The number of hydrogen-bond donors (Lipinski definition) is 0. The van der Waals surface area contributed by atoms with E-state index in [1.807, 2.05) is 0 Å². The first kappa shape index (κ1) is 11.1. The molecule has 0 bridgehead atoms. The number of phosphoric ester groups is 1. The van der Waals surface area contributed by atoms with Crippen LogP contribution < -0.4 is 0 Å². The summed E-state index contributed by atoms with van der Waals surface area (Å²) < 4.78 is 31.6. The first-order valence-corrected chi connectivity index (χ1v) is 5.73. The van der Waals surface area contributed by atoms with Crippen LogP contribution in [0.5, 0.6) is 0 Å². The summed E-state index contributed by atoms with van der Waals surface area (Å²) in [5.74, 6) is -0.778. The van der Waals surface area contributed by atoms with Gasteiger partial charge in [-0.2, -0.15) is 0 Å². The lowest BCUT2D eigenvalue weighted by Gasteiger charge is -2.18. The van der Waals surface area contributed by atoms with Crippen molar-refractivity contribution in [1.82, 2.24) is 0 Å². The number of ether oxygens (including phenoxy) is 1. The Balaban J connectivity index is 2.50. The van der Waals surface area contributed by atoms with Gasteiger partial charge in [-0.3, -0.25) is 13.6 Å². The number of epoxide rings is 1. The van der Waals surface area contributed by atoms with E-state index in [2.05, 4.69) is 0 Å². The van der Waals surface area contributed by atoms with Crippen molar-refractivity contribution in [3.8, 4) is 0 Å². The molecule has 0 aromatic rings. The van der Waals surface area contributed by atoms with E-state index >= 15 is 0 Å². The van der Waals surface area contributed by atoms with Gasteiger partial charge < -0.3 is 4.74 Å². The molecule has 78 valence electrons. The molecule has 0 aromatic heterocycles. The lowest BCUT2D eigenvalue weighted by atomic mass is 10.5. The van der Waals surface area contributed by atoms with Gasteiger partial charge in [-0.25, -0.2) is 4.57 Å². The Bertz CT molecular complexity index is 203. The fraction of sp³-hybridized carbons (Fsp3) is 1.00. The second-order valence-corrected chi connectivity index (χ2v) is 4.39. The Labute approximate surface area is 77.9 Å². The molecule has 13 heavy (non-hydrogen) atoms. The molecule has 0 aromatic carbocycles. The van der Waals surface area contributed by atoms with Gasteiger partial charge in [-0.05, 0) is 20.8 Å². The van der Waals surface area contributed by atoms with Crippen LogP contribution in [-0.4, -0.2) is 25.6 Å². The Morgan fingerprint density at radius 2 is 1.85 bits per heavy atom. The fourth-order valence-corrected chi connectivity index (χ4v) is 2.19. The summed E-state index contributed by atoms with van der Waals surface area (Å²) in [5.41, 5.74) is 0. The minimum atomic E-state index is -3.40. The van der Waals surface area contributed by atoms with E-state index in [4.69, 9.17) is 18.3 Å². The highest BCUT2D eigenvalue weighted by atomic mass is 31.2. The van der Waals surface area contributed by atoms with E-state index < -0.39 is 13.6 Å². The molecule has 0 aliphatic carbocycles. The maximum absolute atomic E-state index is 11.7. The number of hydrogen-bond acceptors (Lipinski definition) is 5. The predicted octanol–water partition coefficient (Wildman–Crippen LogP) is 1.93. The van der Waals surface area contributed by atoms with Gasteiger partial charge in [0.2, 0.25) is 5.79 Å². The highest BCUT2D eigenvalue weighted by Gasteiger charge is 2.48. The first-order chi connectivity index (χ1) is 6.04. The third-order valence-electron chi connectivity index (χ3n) is 1.43. The molecule has 1 fully saturated rings. The molecule has 1 atom stereocenters. The summed E-state index contributed by atoms with van der Waals surface area (Å²) in [6, 6.07) is 0. The largest absolute Gasteiger partial charge is 0.477 e. The van der Waals surface area contributed by atoms with Crippen LogP contribution in [-0.2, 0) is 22.9 Å². The molecule has 1 aliphatic rings. The number of phosphoric acid groups is 1. The van der Waals surface area contributed by atoms with Gasteiger partial charge in [0, 0.05) is 0 Å². The minimum Gasteiger partial charge on any atom is -0.342 e. The lowest BCUT2D eigenvalue weighted by Crippen LogP contribution is -2.11. The summed E-state index contributed by atoms with van der Waals surface area (Å²) in [6.45, 7) is 6.14. The van der Waals surface area contributed by atoms with Crippen molar-refractivity contribution >= 4 is 7.82 Å². The quantitative estimate of drug-likeness (QED) is 0.495. The van der Waals surface area contributed by atoms with Crippen molar-refractivity contribution in [3.63, 3.8) is 0 Å². The zero-order valence-electron chi connectivity index (χ0n) is 8.11. The van der Waals surface area contributed by atoms with Gasteiger partial charge in [-0.15, -0.1) is 0 Å². The maximum Gasteiger partial charge on any atom is 0.477 e. The SMILES string of the molecule is CCOP(=O)(OCC)OC1(C)CO1. The zero-order valence-corrected chi connectivity index (χ0v) is 9.00. The highest BCUT2D eigenvalue weighted by Crippen LogP contribution is 2.55. The molecule has 1 unspecified atom stereocenters. The maximum atomic E-state index is 11.7. The van der Waals surface area contributed by atoms with Crippen LogP contribution in [0, 0.1) is 0 Å². The van der Waals surface area contributed by atoms with Crippen molar-refractivity contribution in [3.05, 3.63) is 0 Å². The second-order valence-electron chi connectivity index (χ2n) is 2.80. The summed E-state index contributed by atoms with van der Waals surface area (Å²) in [4.78, 5) is 0. The molecular weight excluding hydrogens is 195 g/mol. The van der Waals surface area contributed by atoms with Gasteiger partial charge in [0.15, 0.2) is 0 Å². The van der Waals surface area contributed by atoms with E-state index in [1.165, 1.54) is 0 Å². The second kappa shape index (κ2) is 4.07. The summed E-state index contributed by atoms with van der Waals surface area (Å²) in [5, 5.41) is 0. The van der Waals surface area contributed by atoms with Crippen molar-refractivity contribution in [2.75, 3.05) is 19.8 Å². The standard InChI is InChI=1S/C7H15O5P/c1-4-10-13(8,11-5-2)12-7(3)6-9-7/h4-6H2,1-3H3. The molecule has 6 heteroatoms. The minimum absolute atomic E-state index is 0.285. The van der Waals surface area contributed by atoms with Gasteiger partial charge in [0.05, 0.1) is 13.2 Å². The van der Waals surface area contributed by atoms with Crippen LogP contribution in [0.2, 0.25) is 0 Å². The Kier molecular flexibility index (Phi) is 3.49. The smallest absolute Gasteiger partial charge is 0.342 e. The summed E-state index contributed by atoms with van der Waals surface area (Å²) in [7, 11) is -3.40. The third kappa shape index (κ3) is 3.37. The van der Waals surface area contributed by atoms with Crippen molar-refractivity contribution in [1.29, 1.82) is 0 Å². The molecule has 1 aliphatic heterocycles. The predicted molar refractivity (Wildman–Crippen MR) is 46.3 cm³/mol. The van der Waals surface area contributed by atoms with Gasteiger partial charge >= 0.3 is 7.82 Å². The molecular formula is C7H15O5P. The molecule has 5 nitrogen and oxygen atoms in total. The van der Waals surface area contributed by atoms with Crippen LogP contribution in [0.15, 0.2) is 0 Å². The summed E-state index contributed by atoms with van der Waals surface area (Å²) in [6.07, 6.45) is 0. The average molecular weight is 210 g/mol. The van der Waals surface area contributed by atoms with E-state index in [9.17, 15) is 4.57 Å². The van der Waals surface area contributed by atoms with Gasteiger partial charge in [0.25, 0.3) is 0 Å². The average Bonchev–Trinajstić information content (AvgIpc) is 2.67. The van der Waals surface area contributed by atoms with Crippen LogP contribution >= 0.6 is 7.82 Å². The van der Waals surface area contributed by atoms with E-state index in [-0.39, 0.29) is 13.2 Å². The Hall–Kier alpha value is 0.0700. The molecule has 1 saturated heterocycles. The van der Waals surface area contributed by atoms with Crippen LogP contribution in [0.4, 0.5) is 0 Å². The molecule has 0 saturated carbocycles. The van der Waals surface area contributed by atoms with Crippen LogP contribution in [0.3, 0.4) is 0 Å². The van der Waals surface area contributed by atoms with Crippen molar-refractivity contribution in [2.24, 2.45) is 0 Å². The van der Waals surface area contributed by atoms with Crippen molar-refractivity contribution in [2.45, 2.75) is 26.6 Å². The molecule has 0 amide bonds. The first-order valence-electron chi connectivity index (χ1n) is 4.27. The van der Waals surface area contributed by atoms with E-state index in [0.717, 1.165) is 0 Å². The normalized spacial score (nSPS) is 27.6. The van der Waals surface area contributed by atoms with E-state index in [1.54, 1.807) is 20.8 Å². The molecule has 1 heterocycles. The van der Waals surface area contributed by atoms with Crippen molar-refractivity contribution < 1.29 is 22.9 Å². The Morgan fingerprint density at radius 3 is 2.15 bits per heavy atom. The Morgan fingerprint density at radius 1 is 1.38 bits per heavy atom. The van der Waals surface area contributed by atoms with E-state index in [0.29, 0.717) is 6.61 Å². The summed E-state index contributed by atoms with van der Waals surface area (Å²) >= 11 is 0. The van der Waals surface area contributed by atoms with Crippen LogP contribution in [0.1, 0.15) is 20.8 Å². The highest BCUT2D eigenvalue weighted by molar-refractivity contribution is 7.48. The third-order valence-corrected chi connectivity index (χ3v) is 3.19. The molecule has 0 N–H and O–H groups in total. The van der Waals surface area contributed by atoms with Gasteiger partial charge in [-0.1, -0.05) is 0 Å².